The van der Waals surface area contributed by atoms with E-state index in [-0.39, 0.29) is 6.73 Å². The summed E-state index contributed by atoms with van der Waals surface area (Å²) >= 11 is 5.90. The minimum atomic E-state index is 0.235. The highest BCUT2D eigenvalue weighted by atomic mass is 35.5. The molecule has 0 aliphatic carbocycles. The fourth-order valence-corrected chi connectivity index (χ4v) is 3.01. The van der Waals surface area contributed by atoms with Crippen LogP contribution >= 0.6 is 11.6 Å². The van der Waals surface area contributed by atoms with Gasteiger partial charge in [-0.05, 0) is 42.5 Å². The summed E-state index contributed by atoms with van der Waals surface area (Å²) in [5.41, 5.74) is 2.39. The quantitative estimate of drug-likeness (QED) is 0.476. The minimum absolute atomic E-state index is 0.235. The Labute approximate surface area is 158 Å². The molecule has 0 atom stereocenters. The first-order valence-electron chi connectivity index (χ1n) is 8.28. The normalized spacial score (nSPS) is 11.3. The van der Waals surface area contributed by atoms with Gasteiger partial charge in [-0.25, -0.2) is 19.2 Å². The first-order chi connectivity index (χ1) is 13.3. The van der Waals surface area contributed by atoms with Crippen molar-refractivity contribution in [2.45, 2.75) is 6.73 Å². The third-order valence-electron chi connectivity index (χ3n) is 4.20. The van der Waals surface area contributed by atoms with Gasteiger partial charge >= 0.3 is 0 Å². The van der Waals surface area contributed by atoms with Crippen LogP contribution in [-0.4, -0.2) is 29.4 Å². The largest absolute Gasteiger partial charge is 0.471 e. The highest BCUT2D eigenvalue weighted by Gasteiger charge is 2.14. The Kier molecular flexibility index (Phi) is 3.72. The molecule has 0 spiro atoms. The van der Waals surface area contributed by atoms with Crippen LogP contribution in [-0.2, 0) is 6.73 Å². The van der Waals surface area contributed by atoms with Gasteiger partial charge in [0.2, 0.25) is 5.82 Å². The number of rotatable bonds is 4. The van der Waals surface area contributed by atoms with Gasteiger partial charge in [-0.15, -0.1) is 5.10 Å². The maximum atomic E-state index is 5.90. The maximum absolute atomic E-state index is 5.90. The van der Waals surface area contributed by atoms with Gasteiger partial charge in [0.05, 0.1) is 5.52 Å². The molecule has 3 heterocycles. The van der Waals surface area contributed by atoms with Gasteiger partial charge in [0.15, 0.2) is 12.4 Å². The molecule has 132 valence electrons. The smallest absolute Gasteiger partial charge is 0.200 e. The molecule has 0 saturated heterocycles. The predicted octanol–water partition coefficient (Wildman–Crippen LogP) is 3.83. The molecule has 7 nitrogen and oxygen atoms in total. The number of nitrogens with zero attached hydrogens (tertiary/aromatic N) is 6. The summed E-state index contributed by atoms with van der Waals surface area (Å²) in [5.74, 6) is 1.27. The molecule has 0 aliphatic rings. The second-order valence-corrected chi connectivity index (χ2v) is 6.35. The number of hydrogen-bond donors (Lipinski definition) is 0. The van der Waals surface area contributed by atoms with Crippen LogP contribution in [0, 0.1) is 0 Å². The van der Waals surface area contributed by atoms with E-state index in [1.54, 1.807) is 33.9 Å². The van der Waals surface area contributed by atoms with E-state index < -0.39 is 0 Å². The van der Waals surface area contributed by atoms with Crippen molar-refractivity contribution in [3.8, 4) is 17.3 Å². The molecule has 0 radical (unpaired) electrons. The minimum Gasteiger partial charge on any atom is -0.471 e. The molecule has 5 rings (SSSR count). The van der Waals surface area contributed by atoms with E-state index in [0.29, 0.717) is 16.6 Å². The Bertz CT molecular complexity index is 1240. The fraction of sp³-hybridized carbons (Fsp3) is 0.0526. The van der Waals surface area contributed by atoms with Crippen molar-refractivity contribution in [1.82, 2.24) is 29.4 Å². The molecule has 5 aromatic rings. The molecule has 2 aromatic carbocycles. The van der Waals surface area contributed by atoms with Gasteiger partial charge in [-0.2, -0.15) is 5.10 Å². The lowest BCUT2D eigenvalue weighted by Crippen LogP contribution is -2.08. The second-order valence-electron chi connectivity index (χ2n) is 5.91. The molecule has 0 aliphatic heterocycles. The first-order valence-corrected chi connectivity index (χ1v) is 8.66. The molecule has 0 amide bonds. The van der Waals surface area contributed by atoms with E-state index >= 15 is 0 Å². The van der Waals surface area contributed by atoms with Crippen LogP contribution in [0.4, 0.5) is 0 Å². The number of hydrogen-bond acceptors (Lipinski definition) is 5. The van der Waals surface area contributed by atoms with Crippen molar-refractivity contribution >= 4 is 28.2 Å². The highest BCUT2D eigenvalue weighted by Crippen LogP contribution is 2.21. The second kappa shape index (κ2) is 6.37. The van der Waals surface area contributed by atoms with Gasteiger partial charge in [0.25, 0.3) is 0 Å². The van der Waals surface area contributed by atoms with E-state index in [1.165, 1.54) is 0 Å². The van der Waals surface area contributed by atoms with E-state index in [4.69, 9.17) is 16.3 Å². The average Bonchev–Trinajstić information content (AvgIpc) is 3.34. The van der Waals surface area contributed by atoms with Crippen molar-refractivity contribution in [1.29, 1.82) is 0 Å². The number of para-hydroxylation sites is 1. The predicted molar refractivity (Wildman–Crippen MR) is 102 cm³/mol. The van der Waals surface area contributed by atoms with Crippen LogP contribution in [0.25, 0.3) is 28.1 Å². The zero-order valence-corrected chi connectivity index (χ0v) is 14.8. The van der Waals surface area contributed by atoms with E-state index in [2.05, 4.69) is 20.2 Å². The molecule has 0 N–H and O–H groups in total. The fourth-order valence-electron chi connectivity index (χ4n) is 2.88. The molecule has 0 fully saturated rings. The Morgan fingerprint density at radius 3 is 2.74 bits per heavy atom. The molecule has 27 heavy (non-hydrogen) atoms. The van der Waals surface area contributed by atoms with E-state index in [0.717, 1.165) is 22.2 Å². The van der Waals surface area contributed by atoms with Crippen LogP contribution in [0.15, 0.2) is 67.1 Å². The lowest BCUT2D eigenvalue weighted by atomic mass is 10.2. The molecule has 0 unspecified atom stereocenters. The van der Waals surface area contributed by atoms with E-state index in [1.807, 2.05) is 42.5 Å². The number of aromatic nitrogens is 6. The third kappa shape index (κ3) is 2.88. The zero-order valence-electron chi connectivity index (χ0n) is 14.0. The molecule has 3 aromatic heterocycles. The summed E-state index contributed by atoms with van der Waals surface area (Å²) in [6, 6.07) is 16.9. The van der Waals surface area contributed by atoms with E-state index in [9.17, 15) is 0 Å². The average molecular weight is 377 g/mol. The summed E-state index contributed by atoms with van der Waals surface area (Å²) in [7, 11) is 0. The number of benzene rings is 2. The van der Waals surface area contributed by atoms with Crippen molar-refractivity contribution in [3.05, 3.63) is 72.1 Å². The summed E-state index contributed by atoms with van der Waals surface area (Å²) in [6.45, 7) is 0.235. The topological polar surface area (TPSA) is 70.1 Å². The molecular formula is C19H13ClN6O. The summed E-state index contributed by atoms with van der Waals surface area (Å²) in [4.78, 5) is 9.10. The molecule has 8 heteroatoms. The van der Waals surface area contributed by atoms with Crippen LogP contribution in [0.3, 0.4) is 0 Å². The number of fused-ring (bicyclic) bond motifs is 3. The van der Waals surface area contributed by atoms with Crippen molar-refractivity contribution in [2.24, 2.45) is 0 Å². The Morgan fingerprint density at radius 2 is 1.85 bits per heavy atom. The summed E-state index contributed by atoms with van der Waals surface area (Å²) in [6.07, 6.45) is 3.36. The Balaban J connectivity index is 1.49. The maximum Gasteiger partial charge on any atom is 0.200 e. The third-order valence-corrected chi connectivity index (χ3v) is 4.45. The molecule has 0 saturated carbocycles. The lowest BCUT2D eigenvalue weighted by molar-refractivity contribution is 0.223. The lowest BCUT2D eigenvalue weighted by Gasteiger charge is -2.08. The summed E-state index contributed by atoms with van der Waals surface area (Å²) in [5, 5.41) is 10.5. The standard InChI is InChI=1S/C19H13ClN6O/c20-13-5-7-14(8-6-13)27-12-26-17(9-10-22-26)18-23-19-15-3-1-2-4-16(15)21-11-25(19)24-18/h1-11H,12H2. The van der Waals surface area contributed by atoms with Crippen molar-refractivity contribution in [3.63, 3.8) is 0 Å². The Hall–Kier alpha value is -3.45. The number of ether oxygens (including phenoxy) is 1. The Morgan fingerprint density at radius 1 is 1.00 bits per heavy atom. The van der Waals surface area contributed by atoms with Crippen LogP contribution < -0.4 is 4.74 Å². The molecule has 0 bridgehead atoms. The van der Waals surface area contributed by atoms with Crippen molar-refractivity contribution < 1.29 is 4.74 Å². The van der Waals surface area contributed by atoms with Crippen LogP contribution in [0.1, 0.15) is 0 Å². The van der Waals surface area contributed by atoms with Crippen LogP contribution in [0.5, 0.6) is 5.75 Å². The van der Waals surface area contributed by atoms with Gasteiger partial charge in [-0.1, -0.05) is 23.7 Å². The SMILES string of the molecule is Clc1ccc(OCn2nccc2-c2nc3c4ccccc4ncn3n2)cc1. The first kappa shape index (κ1) is 15.8. The van der Waals surface area contributed by atoms with Crippen molar-refractivity contribution in [2.75, 3.05) is 0 Å². The van der Waals surface area contributed by atoms with Gasteiger partial charge in [-0.3, -0.25) is 0 Å². The summed E-state index contributed by atoms with van der Waals surface area (Å²) < 4.78 is 9.16. The van der Waals surface area contributed by atoms with Crippen LogP contribution in [0.2, 0.25) is 5.02 Å². The number of halogens is 1. The monoisotopic (exact) mass is 376 g/mol. The van der Waals surface area contributed by atoms with Gasteiger partial charge in [0.1, 0.15) is 17.8 Å². The molecular weight excluding hydrogens is 364 g/mol. The van der Waals surface area contributed by atoms with Gasteiger partial charge < -0.3 is 4.74 Å². The highest BCUT2D eigenvalue weighted by molar-refractivity contribution is 6.30. The zero-order chi connectivity index (χ0) is 18.2. The van der Waals surface area contributed by atoms with Gasteiger partial charge in [0, 0.05) is 16.6 Å².